The van der Waals surface area contributed by atoms with Crippen LogP contribution < -0.4 is 15.1 Å². The summed E-state index contributed by atoms with van der Waals surface area (Å²) in [6.07, 6.45) is -4.61. The van der Waals surface area contributed by atoms with Crippen molar-refractivity contribution in [2.75, 3.05) is 16.8 Å². The summed E-state index contributed by atoms with van der Waals surface area (Å²) in [4.78, 5) is 67.4. The Kier molecular flexibility index (Phi) is 8.33. The summed E-state index contributed by atoms with van der Waals surface area (Å²) < 4.78 is 45.7. The van der Waals surface area contributed by atoms with Crippen LogP contribution in [0, 0.1) is 5.92 Å². The standard InChI is InChI=1S/C32H24F3N3O6S2/c1-2-44-30(42)18-11-13-21(14-12-18)38-27(40)24-23(17-7-4-3-5-8-17)26-29(45-25(24)28(38)41)37(31(43)46-26)16-22(39)36-20-10-6-9-19(15-20)32(33,34)35/h3-15,23-25H,2,16H2,1H3,(H,36,39)/t23-,24-,25+/m0/s1. The molecule has 0 radical (unpaired) electrons. The van der Waals surface area contributed by atoms with Crippen LogP contribution in [0.25, 0.3) is 0 Å². The Labute approximate surface area is 268 Å². The molecule has 0 aliphatic carbocycles. The Bertz CT molecular complexity index is 1910. The number of ether oxygens (including phenoxy) is 1. The smallest absolute Gasteiger partial charge is 0.416 e. The Morgan fingerprint density at radius 2 is 1.65 bits per heavy atom. The molecule has 1 saturated heterocycles. The summed E-state index contributed by atoms with van der Waals surface area (Å²) in [6.45, 7) is 1.35. The maximum Gasteiger partial charge on any atom is 0.416 e. The van der Waals surface area contributed by atoms with Gasteiger partial charge in [-0.1, -0.05) is 59.5 Å². The number of nitrogens with zero attached hydrogens (tertiary/aromatic N) is 2. The van der Waals surface area contributed by atoms with Crippen LogP contribution in [-0.2, 0) is 31.8 Å². The minimum absolute atomic E-state index is 0.0898. The summed E-state index contributed by atoms with van der Waals surface area (Å²) in [5.74, 6) is -3.83. The molecule has 0 bridgehead atoms. The molecular weight excluding hydrogens is 643 g/mol. The van der Waals surface area contributed by atoms with Gasteiger partial charge in [-0.15, -0.1) is 0 Å². The fraction of sp³-hybridized carbons (Fsp3) is 0.219. The lowest BCUT2D eigenvalue weighted by Crippen LogP contribution is -2.33. The predicted octanol–water partition coefficient (Wildman–Crippen LogP) is 5.54. The van der Waals surface area contributed by atoms with Crippen LogP contribution in [0.3, 0.4) is 0 Å². The molecule has 46 heavy (non-hydrogen) atoms. The van der Waals surface area contributed by atoms with Gasteiger partial charge in [-0.3, -0.25) is 23.7 Å². The summed E-state index contributed by atoms with van der Waals surface area (Å²) in [6, 6.07) is 19.0. The Balaban J connectivity index is 1.34. The lowest BCUT2D eigenvalue weighted by Gasteiger charge is -2.30. The van der Waals surface area contributed by atoms with Crippen molar-refractivity contribution in [2.24, 2.45) is 5.92 Å². The molecule has 3 heterocycles. The second kappa shape index (κ2) is 12.2. The van der Waals surface area contributed by atoms with Crippen molar-refractivity contribution in [3.63, 3.8) is 0 Å². The number of carbonyl (C=O) groups is 4. The summed E-state index contributed by atoms with van der Waals surface area (Å²) in [7, 11) is 0. The maximum absolute atomic E-state index is 14.0. The third-order valence-corrected chi connectivity index (χ3v) is 10.2. The second-order valence-corrected chi connectivity index (χ2v) is 12.6. The van der Waals surface area contributed by atoms with E-state index in [0.717, 1.165) is 46.2 Å². The van der Waals surface area contributed by atoms with Gasteiger partial charge < -0.3 is 10.1 Å². The Morgan fingerprint density at radius 1 is 0.935 bits per heavy atom. The third-order valence-electron chi connectivity index (χ3n) is 7.62. The monoisotopic (exact) mass is 667 g/mol. The molecule has 0 unspecified atom stereocenters. The molecule has 1 fully saturated rings. The first kappa shape index (κ1) is 31.3. The molecule has 2 aliphatic rings. The molecule has 2 aliphatic heterocycles. The van der Waals surface area contributed by atoms with E-state index in [0.29, 0.717) is 15.5 Å². The van der Waals surface area contributed by atoms with E-state index in [1.807, 2.05) is 0 Å². The van der Waals surface area contributed by atoms with E-state index in [1.165, 1.54) is 34.9 Å². The van der Waals surface area contributed by atoms with Crippen molar-refractivity contribution in [3.8, 4) is 0 Å². The summed E-state index contributed by atoms with van der Waals surface area (Å²) >= 11 is 1.87. The molecule has 14 heteroatoms. The zero-order chi connectivity index (χ0) is 32.7. The average molecular weight is 668 g/mol. The number of rotatable bonds is 7. The van der Waals surface area contributed by atoms with Gasteiger partial charge >= 0.3 is 17.0 Å². The number of anilines is 2. The van der Waals surface area contributed by atoms with Gasteiger partial charge in [0.2, 0.25) is 17.7 Å². The number of hydrogen-bond donors (Lipinski definition) is 1. The number of imide groups is 1. The number of alkyl halides is 3. The number of amides is 3. The number of carbonyl (C=O) groups excluding carboxylic acids is 4. The first-order valence-electron chi connectivity index (χ1n) is 14.0. The molecule has 1 aromatic heterocycles. The molecule has 0 saturated carbocycles. The van der Waals surface area contributed by atoms with E-state index in [9.17, 15) is 37.1 Å². The second-order valence-electron chi connectivity index (χ2n) is 10.5. The topological polar surface area (TPSA) is 115 Å². The van der Waals surface area contributed by atoms with Gasteiger partial charge in [-0.2, -0.15) is 13.2 Å². The number of halogens is 3. The minimum atomic E-state index is -4.61. The van der Waals surface area contributed by atoms with Gasteiger partial charge in [0.1, 0.15) is 11.8 Å². The van der Waals surface area contributed by atoms with Gasteiger partial charge in [-0.25, -0.2) is 9.69 Å². The maximum atomic E-state index is 14.0. The van der Waals surface area contributed by atoms with Crippen LogP contribution in [0.1, 0.15) is 39.2 Å². The first-order valence-corrected chi connectivity index (χ1v) is 15.7. The Morgan fingerprint density at radius 3 is 2.33 bits per heavy atom. The summed E-state index contributed by atoms with van der Waals surface area (Å²) in [5.41, 5.74) is 0.195. The minimum Gasteiger partial charge on any atom is -0.462 e. The lowest BCUT2D eigenvalue weighted by molar-refractivity contribution is -0.137. The van der Waals surface area contributed by atoms with Gasteiger partial charge in [0.15, 0.2) is 0 Å². The molecule has 6 rings (SSSR count). The van der Waals surface area contributed by atoms with Crippen molar-refractivity contribution < 1.29 is 37.1 Å². The van der Waals surface area contributed by atoms with Crippen LogP contribution in [0.15, 0.2) is 88.7 Å². The number of thioether (sulfide) groups is 1. The van der Waals surface area contributed by atoms with Crippen LogP contribution in [-0.4, -0.2) is 40.1 Å². The zero-order valence-corrected chi connectivity index (χ0v) is 25.6. The van der Waals surface area contributed by atoms with E-state index in [4.69, 9.17) is 4.74 Å². The van der Waals surface area contributed by atoms with Crippen LogP contribution in [0.2, 0.25) is 0 Å². The zero-order valence-electron chi connectivity index (χ0n) is 23.9. The van der Waals surface area contributed by atoms with Crippen molar-refractivity contribution in [1.29, 1.82) is 0 Å². The van der Waals surface area contributed by atoms with E-state index in [2.05, 4.69) is 5.32 Å². The van der Waals surface area contributed by atoms with Gasteiger partial charge in [-0.05, 0) is 55.0 Å². The average Bonchev–Trinajstić information content (AvgIpc) is 3.47. The van der Waals surface area contributed by atoms with Crippen LogP contribution in [0.4, 0.5) is 24.5 Å². The highest BCUT2D eigenvalue weighted by Crippen LogP contribution is 2.53. The molecule has 3 atom stereocenters. The lowest BCUT2D eigenvalue weighted by atomic mass is 9.83. The number of fused-ring (bicyclic) bond motifs is 2. The van der Waals surface area contributed by atoms with Crippen molar-refractivity contribution in [1.82, 2.24) is 4.57 Å². The highest BCUT2D eigenvalue weighted by Gasteiger charge is 2.56. The number of aromatic nitrogens is 1. The molecule has 3 amide bonds. The quantitative estimate of drug-likeness (QED) is 0.203. The van der Waals surface area contributed by atoms with E-state index < -0.39 is 63.9 Å². The van der Waals surface area contributed by atoms with Gasteiger partial charge in [0.05, 0.1) is 34.4 Å². The highest BCUT2D eigenvalue weighted by atomic mass is 32.2. The summed E-state index contributed by atoms with van der Waals surface area (Å²) in [5, 5.41) is 1.81. The van der Waals surface area contributed by atoms with Crippen molar-refractivity contribution in [2.45, 2.75) is 35.8 Å². The normalized spacial score (nSPS) is 19.0. The van der Waals surface area contributed by atoms with E-state index in [1.54, 1.807) is 37.3 Å². The predicted molar refractivity (Wildman–Crippen MR) is 165 cm³/mol. The van der Waals surface area contributed by atoms with Crippen molar-refractivity contribution >= 4 is 58.2 Å². The van der Waals surface area contributed by atoms with Crippen LogP contribution >= 0.6 is 23.1 Å². The van der Waals surface area contributed by atoms with Crippen molar-refractivity contribution in [3.05, 3.63) is 110 Å². The number of hydrogen-bond acceptors (Lipinski definition) is 8. The fourth-order valence-corrected chi connectivity index (χ4v) is 8.38. The van der Waals surface area contributed by atoms with Crippen LogP contribution in [0.5, 0.6) is 0 Å². The molecular formula is C32H24F3N3O6S2. The van der Waals surface area contributed by atoms with E-state index in [-0.39, 0.29) is 23.5 Å². The first-order chi connectivity index (χ1) is 22.0. The number of nitrogens with one attached hydrogen (secondary N) is 1. The fourth-order valence-electron chi connectivity index (χ4n) is 5.61. The van der Waals surface area contributed by atoms with E-state index >= 15 is 0 Å². The molecule has 4 aromatic rings. The van der Waals surface area contributed by atoms with Gasteiger partial charge in [0, 0.05) is 16.5 Å². The number of thiazole rings is 1. The molecule has 9 nitrogen and oxygen atoms in total. The number of esters is 1. The Hall–Kier alpha value is -4.69. The highest BCUT2D eigenvalue weighted by molar-refractivity contribution is 8.00. The molecule has 236 valence electrons. The van der Waals surface area contributed by atoms with Gasteiger partial charge in [0.25, 0.3) is 0 Å². The third kappa shape index (κ3) is 5.73. The molecule has 3 aromatic carbocycles. The SMILES string of the molecule is CCOC(=O)c1ccc(N2C(=O)[C@H]3[C@H](c4ccccc4)c4sc(=O)n(CC(=O)Nc5cccc(C(F)(F)F)c5)c4S[C@H]3C2=O)cc1. The largest absolute Gasteiger partial charge is 0.462 e. The molecule has 1 N–H and O–H groups in total. The molecule has 0 spiro atoms. The number of benzene rings is 3.